The second kappa shape index (κ2) is 5.91. The summed E-state index contributed by atoms with van der Waals surface area (Å²) in [6, 6.07) is 5.03. The molecular weight excluding hydrogens is 289 g/mol. The van der Waals surface area contributed by atoms with Gasteiger partial charge < -0.3 is 9.84 Å². The Labute approximate surface area is 108 Å². The van der Waals surface area contributed by atoms with Crippen molar-refractivity contribution in [1.29, 1.82) is 0 Å². The number of ether oxygens (including phenoxy) is 1. The minimum Gasteiger partial charge on any atom is -0.394 e. The minimum absolute atomic E-state index is 0.0453. The predicted octanol–water partition coefficient (Wildman–Crippen LogP) is 1.78. The second-order valence-electron chi connectivity index (χ2n) is 4.16. The van der Waals surface area contributed by atoms with Crippen molar-refractivity contribution >= 4 is 15.9 Å². The standard InChI is InChI=1S/C12H15BrFNO2/c13-11-5-9(1-2-12(11)14)6-15-3-4-17-10(7-15)8-16/h1-2,5,10,16H,3-4,6-8H2. The largest absolute Gasteiger partial charge is 0.394 e. The van der Waals surface area contributed by atoms with E-state index in [4.69, 9.17) is 9.84 Å². The van der Waals surface area contributed by atoms with Gasteiger partial charge in [-0.25, -0.2) is 4.39 Å². The van der Waals surface area contributed by atoms with Gasteiger partial charge in [0.15, 0.2) is 0 Å². The van der Waals surface area contributed by atoms with E-state index in [-0.39, 0.29) is 18.5 Å². The Morgan fingerprint density at radius 2 is 2.35 bits per heavy atom. The van der Waals surface area contributed by atoms with Crippen LogP contribution in [0.5, 0.6) is 0 Å². The molecule has 2 rings (SSSR count). The van der Waals surface area contributed by atoms with Crippen LogP contribution in [0.2, 0.25) is 0 Å². The van der Waals surface area contributed by atoms with Crippen molar-refractivity contribution in [2.75, 3.05) is 26.3 Å². The first kappa shape index (κ1) is 13.0. The van der Waals surface area contributed by atoms with Crippen LogP contribution in [-0.2, 0) is 11.3 Å². The zero-order chi connectivity index (χ0) is 12.3. The molecule has 1 fully saturated rings. The summed E-state index contributed by atoms with van der Waals surface area (Å²) in [7, 11) is 0. The smallest absolute Gasteiger partial charge is 0.137 e. The molecule has 1 unspecified atom stereocenters. The molecule has 1 N–H and O–H groups in total. The molecule has 5 heteroatoms. The number of aliphatic hydroxyl groups is 1. The average Bonchev–Trinajstić information content (AvgIpc) is 2.34. The predicted molar refractivity (Wildman–Crippen MR) is 66.2 cm³/mol. The van der Waals surface area contributed by atoms with Gasteiger partial charge in [0, 0.05) is 19.6 Å². The molecule has 0 bridgehead atoms. The Balaban J connectivity index is 1.97. The lowest BCUT2D eigenvalue weighted by Crippen LogP contribution is -2.43. The molecule has 0 aromatic heterocycles. The van der Waals surface area contributed by atoms with Gasteiger partial charge in [-0.1, -0.05) is 6.07 Å². The van der Waals surface area contributed by atoms with Crippen LogP contribution < -0.4 is 0 Å². The van der Waals surface area contributed by atoms with E-state index >= 15 is 0 Å². The lowest BCUT2D eigenvalue weighted by atomic mass is 10.2. The van der Waals surface area contributed by atoms with Gasteiger partial charge in [-0.05, 0) is 33.6 Å². The highest BCUT2D eigenvalue weighted by Gasteiger charge is 2.19. The lowest BCUT2D eigenvalue weighted by Gasteiger charge is -2.32. The Kier molecular flexibility index (Phi) is 4.50. The van der Waals surface area contributed by atoms with Crippen molar-refractivity contribution in [2.24, 2.45) is 0 Å². The molecule has 1 aliphatic heterocycles. The van der Waals surface area contributed by atoms with E-state index in [0.29, 0.717) is 17.6 Å². The summed E-state index contributed by atoms with van der Waals surface area (Å²) < 4.78 is 18.9. The molecule has 3 nitrogen and oxygen atoms in total. The zero-order valence-corrected chi connectivity index (χ0v) is 11.0. The molecule has 1 aliphatic rings. The highest BCUT2D eigenvalue weighted by molar-refractivity contribution is 9.10. The summed E-state index contributed by atoms with van der Waals surface area (Å²) in [5, 5.41) is 9.05. The molecule has 1 saturated heterocycles. The number of rotatable bonds is 3. The first-order chi connectivity index (χ1) is 8.19. The van der Waals surface area contributed by atoms with E-state index in [9.17, 15) is 4.39 Å². The highest BCUT2D eigenvalue weighted by Crippen LogP contribution is 2.18. The Hall–Kier alpha value is -0.490. The Bertz CT molecular complexity index is 389. The van der Waals surface area contributed by atoms with Crippen LogP contribution >= 0.6 is 15.9 Å². The van der Waals surface area contributed by atoms with Crippen molar-refractivity contribution < 1.29 is 14.2 Å². The molecule has 17 heavy (non-hydrogen) atoms. The molecule has 0 saturated carbocycles. The summed E-state index contributed by atoms with van der Waals surface area (Å²) in [6.07, 6.45) is -0.104. The van der Waals surface area contributed by atoms with Crippen LogP contribution in [0, 0.1) is 5.82 Å². The highest BCUT2D eigenvalue weighted by atomic mass is 79.9. The van der Waals surface area contributed by atoms with Crippen molar-refractivity contribution in [3.8, 4) is 0 Å². The Morgan fingerprint density at radius 1 is 1.53 bits per heavy atom. The van der Waals surface area contributed by atoms with Gasteiger partial charge >= 0.3 is 0 Å². The number of hydrogen-bond donors (Lipinski definition) is 1. The number of halogens is 2. The molecule has 1 atom stereocenters. The molecule has 0 amide bonds. The van der Waals surface area contributed by atoms with E-state index in [1.165, 1.54) is 6.07 Å². The van der Waals surface area contributed by atoms with Gasteiger partial charge in [-0.15, -0.1) is 0 Å². The quantitative estimate of drug-likeness (QED) is 0.924. The third-order valence-corrected chi connectivity index (χ3v) is 3.42. The number of nitrogens with zero attached hydrogens (tertiary/aromatic N) is 1. The van der Waals surface area contributed by atoms with Crippen LogP contribution in [0.15, 0.2) is 22.7 Å². The summed E-state index contributed by atoms with van der Waals surface area (Å²) in [5.74, 6) is -0.246. The number of morpholine rings is 1. The van der Waals surface area contributed by atoms with Crippen molar-refractivity contribution in [1.82, 2.24) is 4.90 Å². The van der Waals surface area contributed by atoms with Gasteiger partial charge in [-0.3, -0.25) is 4.90 Å². The van der Waals surface area contributed by atoms with Gasteiger partial charge in [0.25, 0.3) is 0 Å². The number of hydrogen-bond acceptors (Lipinski definition) is 3. The van der Waals surface area contributed by atoms with Gasteiger partial charge in [-0.2, -0.15) is 0 Å². The summed E-state index contributed by atoms with van der Waals surface area (Å²) in [4.78, 5) is 2.20. The van der Waals surface area contributed by atoms with E-state index in [1.807, 2.05) is 0 Å². The lowest BCUT2D eigenvalue weighted by molar-refractivity contribution is -0.0551. The van der Waals surface area contributed by atoms with Crippen LogP contribution in [0.4, 0.5) is 4.39 Å². The molecule has 0 radical (unpaired) electrons. The van der Waals surface area contributed by atoms with E-state index in [1.54, 1.807) is 12.1 Å². The van der Waals surface area contributed by atoms with Crippen molar-refractivity contribution in [3.63, 3.8) is 0 Å². The first-order valence-corrected chi connectivity index (χ1v) is 6.37. The fourth-order valence-electron chi connectivity index (χ4n) is 1.93. The molecule has 0 aliphatic carbocycles. The van der Waals surface area contributed by atoms with Crippen LogP contribution in [0.25, 0.3) is 0 Å². The summed E-state index contributed by atoms with van der Waals surface area (Å²) in [6.45, 7) is 2.98. The maximum absolute atomic E-state index is 13.1. The van der Waals surface area contributed by atoms with Gasteiger partial charge in [0.05, 0.1) is 23.8 Å². The summed E-state index contributed by atoms with van der Waals surface area (Å²) >= 11 is 3.18. The molecule has 0 spiro atoms. The van der Waals surface area contributed by atoms with Gasteiger partial charge in [0.1, 0.15) is 5.82 Å². The number of benzene rings is 1. The average molecular weight is 304 g/mol. The Morgan fingerprint density at radius 3 is 3.06 bits per heavy atom. The van der Waals surface area contributed by atoms with E-state index in [2.05, 4.69) is 20.8 Å². The second-order valence-corrected chi connectivity index (χ2v) is 5.01. The molecule has 1 aromatic rings. The topological polar surface area (TPSA) is 32.7 Å². The van der Waals surface area contributed by atoms with Crippen LogP contribution in [0.3, 0.4) is 0 Å². The van der Waals surface area contributed by atoms with E-state index in [0.717, 1.165) is 18.7 Å². The fraction of sp³-hybridized carbons (Fsp3) is 0.500. The molecular formula is C12H15BrFNO2. The maximum Gasteiger partial charge on any atom is 0.137 e. The minimum atomic E-state index is -0.246. The van der Waals surface area contributed by atoms with Crippen molar-refractivity contribution in [3.05, 3.63) is 34.1 Å². The third kappa shape index (κ3) is 3.48. The number of aliphatic hydroxyl groups excluding tert-OH is 1. The van der Waals surface area contributed by atoms with Crippen LogP contribution in [0.1, 0.15) is 5.56 Å². The maximum atomic E-state index is 13.1. The fourth-order valence-corrected chi connectivity index (χ4v) is 2.36. The summed E-state index contributed by atoms with van der Waals surface area (Å²) in [5.41, 5.74) is 1.05. The van der Waals surface area contributed by atoms with E-state index < -0.39 is 0 Å². The molecule has 94 valence electrons. The normalized spacial score (nSPS) is 21.7. The van der Waals surface area contributed by atoms with Crippen molar-refractivity contribution in [2.45, 2.75) is 12.6 Å². The zero-order valence-electron chi connectivity index (χ0n) is 9.40. The first-order valence-electron chi connectivity index (χ1n) is 5.58. The molecule has 1 aromatic carbocycles. The van der Waals surface area contributed by atoms with Crippen LogP contribution in [-0.4, -0.2) is 42.4 Å². The van der Waals surface area contributed by atoms with Gasteiger partial charge in [0.2, 0.25) is 0 Å². The monoisotopic (exact) mass is 303 g/mol. The SMILES string of the molecule is OCC1CN(Cc2ccc(F)c(Br)c2)CCO1. The third-order valence-electron chi connectivity index (χ3n) is 2.82. The molecule has 1 heterocycles.